The highest BCUT2D eigenvalue weighted by atomic mass is 15.4. The molecule has 7 nitrogen and oxygen atoms in total. The summed E-state index contributed by atoms with van der Waals surface area (Å²) in [5.74, 6) is 1.68. The predicted octanol–water partition coefficient (Wildman–Crippen LogP) is 3.75. The lowest BCUT2D eigenvalue weighted by molar-refractivity contribution is 0.855. The first-order chi connectivity index (χ1) is 13.1. The maximum Gasteiger partial charge on any atom is 0.156 e. The number of fused-ring (bicyclic) bond motifs is 1. The van der Waals surface area contributed by atoms with Gasteiger partial charge in [0.15, 0.2) is 17.5 Å². The van der Waals surface area contributed by atoms with Crippen molar-refractivity contribution in [3.8, 4) is 11.9 Å². The highest BCUT2D eigenvalue weighted by molar-refractivity contribution is 5.85. The first-order valence-corrected chi connectivity index (χ1v) is 8.49. The molecule has 3 heterocycles. The number of hydrogen-bond donors (Lipinski definition) is 1. The molecule has 0 radical (unpaired) electrons. The molecule has 3 aromatic heterocycles. The predicted molar refractivity (Wildman–Crippen MR) is 103 cm³/mol. The SMILES string of the molecule is Cc1ccc(Nc2c(C#N)cnn2-c2cc(C)c3cccc(C)c3n2)nn1. The van der Waals surface area contributed by atoms with Crippen molar-refractivity contribution in [3.05, 3.63) is 65.0 Å². The second-order valence-electron chi connectivity index (χ2n) is 6.38. The van der Waals surface area contributed by atoms with E-state index in [-0.39, 0.29) is 0 Å². The molecule has 0 aliphatic carbocycles. The highest BCUT2D eigenvalue weighted by Gasteiger charge is 2.16. The molecule has 1 N–H and O–H groups in total. The number of anilines is 2. The zero-order chi connectivity index (χ0) is 19.0. The minimum atomic E-state index is 0.404. The molecule has 0 unspecified atom stereocenters. The first kappa shape index (κ1) is 16.7. The molecule has 0 saturated heterocycles. The van der Waals surface area contributed by atoms with Gasteiger partial charge in [-0.2, -0.15) is 20.1 Å². The number of nitrogens with zero attached hydrogens (tertiary/aromatic N) is 6. The highest BCUT2D eigenvalue weighted by Crippen LogP contribution is 2.26. The Labute approximate surface area is 156 Å². The quantitative estimate of drug-likeness (QED) is 0.602. The Bertz CT molecular complexity index is 1180. The third kappa shape index (κ3) is 2.98. The zero-order valence-corrected chi connectivity index (χ0v) is 15.2. The van der Waals surface area contributed by atoms with Crippen molar-refractivity contribution in [2.24, 2.45) is 0 Å². The fraction of sp³-hybridized carbons (Fsp3) is 0.150. The Kier molecular flexibility index (Phi) is 4.01. The standard InChI is InChI=1S/C20H17N7/c1-12-5-4-6-16-13(2)9-18(24-19(12)16)27-20(15(10-21)11-22-27)23-17-8-7-14(3)25-26-17/h4-9,11H,1-3H3,(H,23,26). The monoisotopic (exact) mass is 355 g/mol. The van der Waals surface area contributed by atoms with E-state index in [0.717, 1.165) is 27.7 Å². The van der Waals surface area contributed by atoms with Gasteiger partial charge < -0.3 is 5.32 Å². The van der Waals surface area contributed by atoms with E-state index in [9.17, 15) is 5.26 Å². The molecule has 0 aliphatic heterocycles. The van der Waals surface area contributed by atoms with Gasteiger partial charge in [-0.1, -0.05) is 18.2 Å². The van der Waals surface area contributed by atoms with Crippen LogP contribution < -0.4 is 5.32 Å². The topological polar surface area (TPSA) is 92.3 Å². The summed E-state index contributed by atoms with van der Waals surface area (Å²) in [6.07, 6.45) is 1.52. The number of nitriles is 1. The van der Waals surface area contributed by atoms with Gasteiger partial charge in [-0.05, 0) is 50.1 Å². The molecule has 0 spiro atoms. The summed E-state index contributed by atoms with van der Waals surface area (Å²) in [5, 5.41) is 26.2. The first-order valence-electron chi connectivity index (χ1n) is 8.49. The molecule has 0 fully saturated rings. The molecule has 0 atom stereocenters. The average Bonchev–Trinajstić information content (AvgIpc) is 3.07. The Morgan fingerprint density at radius 3 is 2.63 bits per heavy atom. The summed E-state index contributed by atoms with van der Waals surface area (Å²) in [7, 11) is 0. The Morgan fingerprint density at radius 2 is 1.89 bits per heavy atom. The molecule has 132 valence electrons. The minimum absolute atomic E-state index is 0.404. The Balaban J connectivity index is 1.86. The van der Waals surface area contributed by atoms with E-state index in [1.807, 2.05) is 51.1 Å². The molecule has 0 amide bonds. The molecule has 0 saturated carbocycles. The van der Waals surface area contributed by atoms with E-state index in [1.54, 1.807) is 4.68 Å². The molecular weight excluding hydrogens is 338 g/mol. The van der Waals surface area contributed by atoms with Crippen LogP contribution in [0.1, 0.15) is 22.4 Å². The van der Waals surface area contributed by atoms with E-state index in [4.69, 9.17) is 4.98 Å². The fourth-order valence-electron chi connectivity index (χ4n) is 2.96. The molecule has 4 rings (SSSR count). The van der Waals surface area contributed by atoms with Gasteiger partial charge in [0.05, 0.1) is 17.4 Å². The van der Waals surface area contributed by atoms with Crippen LogP contribution in [0.2, 0.25) is 0 Å². The van der Waals surface area contributed by atoms with Crippen LogP contribution in [-0.2, 0) is 0 Å². The second-order valence-corrected chi connectivity index (χ2v) is 6.38. The van der Waals surface area contributed by atoms with Crippen LogP contribution >= 0.6 is 0 Å². The van der Waals surface area contributed by atoms with Crippen molar-refractivity contribution < 1.29 is 0 Å². The van der Waals surface area contributed by atoms with Crippen LogP contribution in [0.4, 0.5) is 11.6 Å². The number of para-hydroxylation sites is 1. The molecule has 1 aromatic carbocycles. The number of hydrogen-bond acceptors (Lipinski definition) is 6. The van der Waals surface area contributed by atoms with Crippen molar-refractivity contribution >= 4 is 22.5 Å². The molecule has 0 aliphatic rings. The van der Waals surface area contributed by atoms with Crippen molar-refractivity contribution in [2.45, 2.75) is 20.8 Å². The van der Waals surface area contributed by atoms with E-state index in [1.165, 1.54) is 6.20 Å². The summed E-state index contributed by atoms with van der Waals surface area (Å²) in [6.45, 7) is 5.94. The third-order valence-electron chi connectivity index (χ3n) is 4.39. The van der Waals surface area contributed by atoms with Crippen LogP contribution in [0.25, 0.3) is 16.7 Å². The number of benzene rings is 1. The van der Waals surface area contributed by atoms with Crippen LogP contribution in [-0.4, -0.2) is 25.0 Å². The van der Waals surface area contributed by atoms with E-state index in [0.29, 0.717) is 23.0 Å². The largest absolute Gasteiger partial charge is 0.322 e. The summed E-state index contributed by atoms with van der Waals surface area (Å²) < 4.78 is 1.62. The second kappa shape index (κ2) is 6.50. The van der Waals surface area contributed by atoms with Crippen molar-refractivity contribution in [2.75, 3.05) is 5.32 Å². The van der Waals surface area contributed by atoms with Gasteiger partial charge in [0.25, 0.3) is 0 Å². The molecule has 7 heteroatoms. The summed E-state index contributed by atoms with van der Waals surface area (Å²) in [5.41, 5.74) is 4.32. The Hall–Kier alpha value is -3.79. The number of rotatable bonds is 3. The molecular formula is C20H17N7. The van der Waals surface area contributed by atoms with Crippen LogP contribution in [0.3, 0.4) is 0 Å². The number of nitrogens with one attached hydrogen (secondary N) is 1. The van der Waals surface area contributed by atoms with E-state index in [2.05, 4.69) is 32.7 Å². The van der Waals surface area contributed by atoms with Gasteiger partial charge in [0.1, 0.15) is 11.6 Å². The normalized spacial score (nSPS) is 10.7. The van der Waals surface area contributed by atoms with E-state index >= 15 is 0 Å². The average molecular weight is 355 g/mol. The third-order valence-corrected chi connectivity index (χ3v) is 4.39. The van der Waals surface area contributed by atoms with Gasteiger partial charge in [-0.3, -0.25) is 0 Å². The van der Waals surface area contributed by atoms with E-state index < -0.39 is 0 Å². The van der Waals surface area contributed by atoms with Gasteiger partial charge in [-0.25, -0.2) is 4.98 Å². The summed E-state index contributed by atoms with van der Waals surface area (Å²) in [6, 6.07) is 13.9. The lowest BCUT2D eigenvalue weighted by Gasteiger charge is -2.12. The van der Waals surface area contributed by atoms with Gasteiger partial charge in [0, 0.05) is 5.39 Å². The zero-order valence-electron chi connectivity index (χ0n) is 15.2. The Morgan fingerprint density at radius 1 is 1.04 bits per heavy atom. The lowest BCUT2D eigenvalue weighted by Crippen LogP contribution is -2.07. The fourth-order valence-corrected chi connectivity index (χ4v) is 2.96. The van der Waals surface area contributed by atoms with Crippen LogP contribution in [0, 0.1) is 32.1 Å². The van der Waals surface area contributed by atoms with Gasteiger partial charge in [-0.15, -0.1) is 5.10 Å². The van der Waals surface area contributed by atoms with Crippen molar-refractivity contribution in [3.63, 3.8) is 0 Å². The van der Waals surface area contributed by atoms with Crippen molar-refractivity contribution in [1.29, 1.82) is 5.26 Å². The molecule has 0 bridgehead atoms. The molecule has 27 heavy (non-hydrogen) atoms. The van der Waals surface area contributed by atoms with Crippen LogP contribution in [0.15, 0.2) is 42.6 Å². The van der Waals surface area contributed by atoms with Gasteiger partial charge in [0.2, 0.25) is 0 Å². The van der Waals surface area contributed by atoms with Gasteiger partial charge >= 0.3 is 0 Å². The summed E-state index contributed by atoms with van der Waals surface area (Å²) >= 11 is 0. The number of aryl methyl sites for hydroxylation is 3. The number of aromatic nitrogens is 5. The molecule has 4 aromatic rings. The van der Waals surface area contributed by atoms with Crippen molar-refractivity contribution in [1.82, 2.24) is 25.0 Å². The lowest BCUT2D eigenvalue weighted by atomic mass is 10.1. The minimum Gasteiger partial charge on any atom is -0.322 e. The number of pyridine rings is 1. The summed E-state index contributed by atoms with van der Waals surface area (Å²) in [4.78, 5) is 4.78. The maximum atomic E-state index is 9.47. The van der Waals surface area contributed by atoms with Crippen LogP contribution in [0.5, 0.6) is 0 Å². The smallest absolute Gasteiger partial charge is 0.156 e. The maximum absolute atomic E-state index is 9.47.